The Morgan fingerprint density at radius 1 is 0.396 bits per heavy atom. The topological polar surface area (TPSA) is 87.4 Å². The first-order chi connectivity index (χ1) is 23.3. The number of nitrogens with zero attached hydrogens (tertiary/aromatic N) is 2. The van der Waals surface area contributed by atoms with E-state index >= 15 is 0 Å². The first kappa shape index (κ1) is 35.8. The van der Waals surface area contributed by atoms with E-state index in [9.17, 15) is 20.4 Å². The van der Waals surface area contributed by atoms with Crippen LogP contribution in [-0.4, -0.2) is 69.5 Å². The molecule has 0 unspecified atom stereocenters. The Bertz CT molecular complexity index is 1470. The van der Waals surface area contributed by atoms with E-state index in [4.69, 9.17) is 0 Å². The molecule has 0 atom stereocenters. The highest BCUT2D eigenvalue weighted by Crippen LogP contribution is 2.38. The zero-order valence-corrected chi connectivity index (χ0v) is 27.8. The van der Waals surface area contributed by atoms with Gasteiger partial charge in [-0.15, -0.1) is 26.3 Å². The highest BCUT2D eigenvalue weighted by Gasteiger charge is 2.21. The van der Waals surface area contributed by atoms with Crippen LogP contribution in [0.2, 0.25) is 0 Å². The maximum Gasteiger partial charge on any atom is 0.123 e. The van der Waals surface area contributed by atoms with Crippen LogP contribution in [0.4, 0.5) is 0 Å². The second-order valence-electron chi connectivity index (χ2n) is 12.1. The lowest BCUT2D eigenvalue weighted by Gasteiger charge is -2.41. The maximum atomic E-state index is 10.0. The molecule has 7 rings (SSSR count). The fourth-order valence-corrected chi connectivity index (χ4v) is 5.89. The Hall–Kier alpha value is -5.04. The van der Waals surface area contributed by atoms with Gasteiger partial charge in [0.25, 0.3) is 0 Å². The van der Waals surface area contributed by atoms with Crippen molar-refractivity contribution in [2.24, 2.45) is 0 Å². The van der Waals surface area contributed by atoms with Crippen molar-refractivity contribution < 1.29 is 20.4 Å². The van der Waals surface area contributed by atoms with Gasteiger partial charge in [0.2, 0.25) is 0 Å². The molecule has 6 nitrogen and oxygen atoms in total. The Labute approximate surface area is 285 Å². The van der Waals surface area contributed by atoms with Gasteiger partial charge in [-0.2, -0.15) is 0 Å². The van der Waals surface area contributed by atoms with E-state index in [1.54, 1.807) is 24.3 Å². The van der Waals surface area contributed by atoms with Crippen LogP contribution in [0, 0.1) is 0 Å². The van der Waals surface area contributed by atoms with Gasteiger partial charge in [0.1, 0.15) is 23.0 Å². The number of hydrogen-bond acceptors (Lipinski definition) is 6. The van der Waals surface area contributed by atoms with Gasteiger partial charge < -0.3 is 20.4 Å². The summed E-state index contributed by atoms with van der Waals surface area (Å²) in [5.41, 5.74) is 6.70. The average Bonchev–Trinajstić information content (AvgIpc) is 3.10. The van der Waals surface area contributed by atoms with Gasteiger partial charge >= 0.3 is 0 Å². The molecule has 2 bridgehead atoms. The molecular weight excluding hydrogens is 596 g/mol. The minimum atomic E-state index is 0.156. The van der Waals surface area contributed by atoms with Crippen LogP contribution in [0.1, 0.15) is 22.3 Å². The lowest BCUT2D eigenvalue weighted by Crippen LogP contribution is -2.55. The summed E-state index contributed by atoms with van der Waals surface area (Å²) in [6.45, 7) is 22.8. The van der Waals surface area contributed by atoms with E-state index in [1.807, 2.05) is 72.8 Å². The van der Waals surface area contributed by atoms with Crippen LogP contribution < -0.4 is 0 Å². The van der Waals surface area contributed by atoms with Gasteiger partial charge in [0.05, 0.1) is 0 Å². The molecule has 250 valence electrons. The third-order valence-electron chi connectivity index (χ3n) is 8.54. The molecule has 3 fully saturated rings. The molecule has 0 spiro atoms. The average molecular weight is 645 g/mol. The molecule has 3 aliphatic rings. The molecule has 4 aromatic carbocycles. The number of piperazine rings is 3. The zero-order valence-electron chi connectivity index (χ0n) is 27.8. The van der Waals surface area contributed by atoms with Crippen molar-refractivity contribution in [3.05, 3.63) is 146 Å². The van der Waals surface area contributed by atoms with Crippen molar-refractivity contribution >= 4 is 0 Å². The summed E-state index contributed by atoms with van der Waals surface area (Å²) in [7, 11) is 0. The van der Waals surface area contributed by atoms with Gasteiger partial charge in [-0.25, -0.2) is 0 Å². The van der Waals surface area contributed by atoms with Crippen molar-refractivity contribution in [2.45, 2.75) is 25.7 Å². The minimum absolute atomic E-state index is 0.156. The standard InChI is InChI=1S/2C18H18O2.C6H12N2/c2*1-3-5-13-7-9-17(19)15(11-13)16-12-14(6-4-2)8-10-18(16)20;1-2-8-5-3-7(1)4-6-8/h2*3-4,7-12,19-20H,1-2,5-6H2;1-6H2. The molecule has 3 aliphatic heterocycles. The number of benzene rings is 4. The first-order valence-electron chi connectivity index (χ1n) is 16.4. The summed E-state index contributed by atoms with van der Waals surface area (Å²) < 4.78 is 0. The molecule has 0 radical (unpaired) electrons. The second kappa shape index (κ2) is 17.8. The maximum absolute atomic E-state index is 10.0. The van der Waals surface area contributed by atoms with Crippen molar-refractivity contribution in [1.82, 2.24) is 9.80 Å². The lowest BCUT2D eigenvalue weighted by atomic mass is 9.97. The highest BCUT2D eigenvalue weighted by molar-refractivity contribution is 5.77. The molecule has 3 saturated heterocycles. The molecule has 4 N–H and O–H groups in total. The van der Waals surface area contributed by atoms with E-state index in [0.717, 1.165) is 47.9 Å². The van der Waals surface area contributed by atoms with Gasteiger partial charge in [0, 0.05) is 61.5 Å². The molecule has 3 heterocycles. The van der Waals surface area contributed by atoms with Crippen molar-refractivity contribution in [3.63, 3.8) is 0 Å². The van der Waals surface area contributed by atoms with Crippen molar-refractivity contribution in [1.29, 1.82) is 0 Å². The number of hydrogen-bond donors (Lipinski definition) is 4. The SMILES string of the molecule is C1CN2CCN1CC2.C=CCc1ccc(O)c(-c2cc(CC=C)ccc2O)c1.C=CCc1ccc(O)c(-c2cc(CC=C)ccc2O)c1. The Kier molecular flexibility index (Phi) is 13.2. The second-order valence-corrected chi connectivity index (χ2v) is 12.1. The Balaban J connectivity index is 0.000000176. The molecule has 6 heteroatoms. The quantitative estimate of drug-likeness (QED) is 0.131. The van der Waals surface area contributed by atoms with E-state index in [1.165, 1.54) is 39.3 Å². The van der Waals surface area contributed by atoms with Crippen LogP contribution in [0.3, 0.4) is 0 Å². The first-order valence-corrected chi connectivity index (χ1v) is 16.4. The van der Waals surface area contributed by atoms with Crippen molar-refractivity contribution in [2.75, 3.05) is 39.3 Å². The fourth-order valence-electron chi connectivity index (χ4n) is 5.89. The van der Waals surface area contributed by atoms with E-state index in [0.29, 0.717) is 22.3 Å². The summed E-state index contributed by atoms with van der Waals surface area (Å²) in [6, 6.07) is 21.5. The van der Waals surface area contributed by atoms with Gasteiger partial charge in [0.15, 0.2) is 0 Å². The molecule has 0 amide bonds. The van der Waals surface area contributed by atoms with Crippen molar-refractivity contribution in [3.8, 4) is 45.3 Å². The summed E-state index contributed by atoms with van der Waals surface area (Å²) in [6.07, 6.45) is 10.1. The third kappa shape index (κ3) is 9.74. The molecule has 0 aromatic heterocycles. The van der Waals surface area contributed by atoms with Gasteiger partial charge in [-0.1, -0.05) is 48.6 Å². The van der Waals surface area contributed by atoms with Crippen LogP contribution >= 0.6 is 0 Å². The molecule has 48 heavy (non-hydrogen) atoms. The monoisotopic (exact) mass is 644 g/mol. The minimum Gasteiger partial charge on any atom is -0.507 e. The zero-order chi connectivity index (χ0) is 34.5. The smallest absolute Gasteiger partial charge is 0.123 e. The predicted molar refractivity (Wildman–Crippen MR) is 199 cm³/mol. The van der Waals surface area contributed by atoms with Crippen LogP contribution in [-0.2, 0) is 25.7 Å². The van der Waals surface area contributed by atoms with E-state index in [-0.39, 0.29) is 23.0 Å². The number of phenolic OH excluding ortho intramolecular Hbond substituents is 4. The van der Waals surface area contributed by atoms with Gasteiger partial charge in [-0.3, -0.25) is 9.80 Å². The molecular formula is C42H48N2O4. The Morgan fingerprint density at radius 3 is 0.771 bits per heavy atom. The van der Waals surface area contributed by atoms with Crippen LogP contribution in [0.15, 0.2) is 123 Å². The summed E-state index contributed by atoms with van der Waals surface area (Å²) in [5.74, 6) is 0.625. The van der Waals surface area contributed by atoms with Crippen LogP contribution in [0.5, 0.6) is 23.0 Å². The summed E-state index contributed by atoms with van der Waals surface area (Å²) in [5, 5.41) is 40.2. The number of aromatic hydroxyl groups is 4. The largest absolute Gasteiger partial charge is 0.507 e. The highest BCUT2D eigenvalue weighted by atomic mass is 16.3. The molecule has 0 aliphatic carbocycles. The molecule has 4 aromatic rings. The third-order valence-corrected chi connectivity index (χ3v) is 8.54. The number of allylic oxidation sites excluding steroid dienone is 4. The van der Waals surface area contributed by atoms with E-state index < -0.39 is 0 Å². The lowest BCUT2D eigenvalue weighted by molar-refractivity contribution is 0.0647. The fraction of sp³-hybridized carbons (Fsp3) is 0.238. The summed E-state index contributed by atoms with van der Waals surface area (Å²) in [4.78, 5) is 5.08. The normalized spacial score (nSPS) is 16.0. The number of fused-ring (bicyclic) bond motifs is 3. The van der Waals surface area contributed by atoms with E-state index in [2.05, 4.69) is 36.1 Å². The number of phenols is 4. The summed E-state index contributed by atoms with van der Waals surface area (Å²) >= 11 is 0. The Morgan fingerprint density at radius 2 is 0.604 bits per heavy atom. The van der Waals surface area contributed by atoms with Crippen LogP contribution in [0.25, 0.3) is 22.3 Å². The molecule has 0 saturated carbocycles. The van der Waals surface area contributed by atoms with Gasteiger partial charge in [-0.05, 0) is 96.5 Å². The number of rotatable bonds is 10. The predicted octanol–water partition coefficient (Wildman–Crippen LogP) is 8.06.